The van der Waals surface area contributed by atoms with Crippen LogP contribution >= 0.6 is 0 Å². The van der Waals surface area contributed by atoms with E-state index in [-0.39, 0.29) is 0 Å². The van der Waals surface area contributed by atoms with Gasteiger partial charge in [-0.25, -0.2) is 0 Å². The lowest BCUT2D eigenvalue weighted by atomic mass is 9.91. The Hall–Kier alpha value is -6.38. The summed E-state index contributed by atoms with van der Waals surface area (Å²) < 4.78 is 9.03. The third kappa shape index (κ3) is 4.06. The number of furan rings is 1. The Morgan fingerprint density at radius 2 is 0.896 bits per heavy atom. The van der Waals surface area contributed by atoms with Gasteiger partial charge in [0, 0.05) is 27.2 Å². The summed E-state index contributed by atoms with van der Waals surface area (Å²) in [6, 6.07) is 63.2. The minimum absolute atomic E-state index is 0.888. The Labute approximate surface area is 277 Å². The molecule has 2 heterocycles. The Bertz CT molecular complexity index is 2780. The van der Waals surface area contributed by atoms with Crippen molar-refractivity contribution in [2.45, 2.75) is 0 Å². The maximum atomic E-state index is 6.62. The van der Waals surface area contributed by atoms with E-state index in [2.05, 4.69) is 180 Å². The highest BCUT2D eigenvalue weighted by atomic mass is 16.3. The number of hydrogen-bond acceptors (Lipinski definition) is 1. The van der Waals surface area contributed by atoms with Crippen molar-refractivity contribution in [1.29, 1.82) is 0 Å². The molecule has 0 saturated heterocycles. The molecule has 0 unspecified atom stereocenters. The number of aromatic nitrogens is 1. The summed E-state index contributed by atoms with van der Waals surface area (Å²) in [5, 5.41) is 7.24. The number of hydrogen-bond donors (Lipinski definition) is 0. The van der Waals surface area contributed by atoms with Crippen LogP contribution in [-0.4, -0.2) is 4.57 Å². The normalized spacial score (nSPS) is 11.8. The van der Waals surface area contributed by atoms with E-state index in [9.17, 15) is 0 Å². The first-order valence-corrected chi connectivity index (χ1v) is 16.4. The second-order valence-corrected chi connectivity index (χ2v) is 12.5. The van der Waals surface area contributed by atoms with Crippen molar-refractivity contribution in [3.05, 3.63) is 176 Å². The van der Waals surface area contributed by atoms with Crippen LogP contribution in [0.2, 0.25) is 0 Å². The molecule has 2 aromatic heterocycles. The zero-order chi connectivity index (χ0) is 31.6. The Morgan fingerprint density at radius 1 is 0.354 bits per heavy atom. The smallest absolute Gasteiger partial charge is 0.136 e. The van der Waals surface area contributed by atoms with Gasteiger partial charge >= 0.3 is 0 Å². The molecule has 224 valence electrons. The summed E-state index contributed by atoms with van der Waals surface area (Å²) in [6.07, 6.45) is 0. The molecule has 10 rings (SSSR count). The van der Waals surface area contributed by atoms with Gasteiger partial charge in [-0.2, -0.15) is 0 Å². The summed E-state index contributed by atoms with van der Waals surface area (Å²) in [4.78, 5) is 0. The van der Waals surface area contributed by atoms with E-state index in [0.29, 0.717) is 0 Å². The molecule has 48 heavy (non-hydrogen) atoms. The highest BCUT2D eigenvalue weighted by Crippen LogP contribution is 2.44. The van der Waals surface area contributed by atoms with E-state index >= 15 is 0 Å². The monoisotopic (exact) mass is 611 g/mol. The summed E-state index contributed by atoms with van der Waals surface area (Å²) >= 11 is 0. The molecule has 10 aromatic rings. The fraction of sp³-hybridized carbons (Fsp3) is 0. The van der Waals surface area contributed by atoms with E-state index in [4.69, 9.17) is 4.42 Å². The van der Waals surface area contributed by atoms with E-state index in [1.807, 2.05) is 0 Å². The van der Waals surface area contributed by atoms with Crippen molar-refractivity contribution >= 4 is 54.5 Å². The third-order valence-electron chi connectivity index (χ3n) is 9.78. The molecule has 0 saturated carbocycles. The van der Waals surface area contributed by atoms with Gasteiger partial charge in [-0.3, -0.25) is 0 Å². The maximum absolute atomic E-state index is 6.62. The van der Waals surface area contributed by atoms with Crippen molar-refractivity contribution < 1.29 is 4.42 Å². The zero-order valence-electron chi connectivity index (χ0n) is 26.1. The topological polar surface area (TPSA) is 18.1 Å². The van der Waals surface area contributed by atoms with Gasteiger partial charge < -0.3 is 8.98 Å². The average molecular weight is 612 g/mol. The second kappa shape index (κ2) is 10.6. The van der Waals surface area contributed by atoms with E-state index in [0.717, 1.165) is 38.8 Å². The molecule has 0 amide bonds. The van der Waals surface area contributed by atoms with Crippen molar-refractivity contribution in [1.82, 2.24) is 4.57 Å². The van der Waals surface area contributed by atoms with Crippen molar-refractivity contribution in [3.8, 4) is 39.1 Å². The molecular weight excluding hydrogens is 583 g/mol. The molecule has 0 aliphatic rings. The van der Waals surface area contributed by atoms with Crippen LogP contribution < -0.4 is 0 Å². The largest absolute Gasteiger partial charge is 0.456 e. The minimum atomic E-state index is 0.888. The highest BCUT2D eigenvalue weighted by molar-refractivity contribution is 6.20. The Morgan fingerprint density at radius 3 is 1.65 bits per heavy atom. The van der Waals surface area contributed by atoms with E-state index in [1.54, 1.807) is 0 Å². The van der Waals surface area contributed by atoms with Gasteiger partial charge in [-0.15, -0.1) is 0 Å². The Kier molecular flexibility index (Phi) is 5.91. The van der Waals surface area contributed by atoms with E-state index in [1.165, 1.54) is 54.8 Å². The predicted molar refractivity (Wildman–Crippen MR) is 202 cm³/mol. The Balaban J connectivity index is 1.30. The first-order chi connectivity index (χ1) is 23.8. The average Bonchev–Trinajstić information content (AvgIpc) is 3.71. The number of fused-ring (bicyclic) bond motifs is 7. The minimum Gasteiger partial charge on any atom is -0.456 e. The van der Waals surface area contributed by atoms with Gasteiger partial charge in [0.25, 0.3) is 0 Å². The summed E-state index contributed by atoms with van der Waals surface area (Å²) in [6.45, 7) is 0. The van der Waals surface area contributed by atoms with Gasteiger partial charge in [-0.1, -0.05) is 133 Å². The lowest BCUT2D eigenvalue weighted by molar-refractivity contribution is 0.669. The lowest BCUT2D eigenvalue weighted by Gasteiger charge is -2.15. The molecule has 0 aliphatic carbocycles. The van der Waals surface area contributed by atoms with Crippen LogP contribution in [0, 0.1) is 0 Å². The van der Waals surface area contributed by atoms with Crippen LogP contribution in [0.3, 0.4) is 0 Å². The van der Waals surface area contributed by atoms with Crippen LogP contribution in [0.1, 0.15) is 0 Å². The molecule has 0 atom stereocenters. The molecule has 0 aliphatic heterocycles. The second-order valence-electron chi connectivity index (χ2n) is 12.5. The van der Waals surface area contributed by atoms with Crippen molar-refractivity contribution in [3.63, 3.8) is 0 Å². The van der Waals surface area contributed by atoms with Crippen LogP contribution in [0.5, 0.6) is 0 Å². The van der Waals surface area contributed by atoms with Gasteiger partial charge in [-0.05, 0) is 86.6 Å². The first-order valence-electron chi connectivity index (χ1n) is 16.4. The maximum Gasteiger partial charge on any atom is 0.136 e. The number of para-hydroxylation sites is 2. The predicted octanol–water partition coefficient (Wildman–Crippen LogP) is 12.8. The van der Waals surface area contributed by atoms with E-state index < -0.39 is 0 Å². The van der Waals surface area contributed by atoms with Crippen molar-refractivity contribution in [2.24, 2.45) is 0 Å². The quantitative estimate of drug-likeness (QED) is 0.194. The molecule has 2 nitrogen and oxygen atoms in total. The molecule has 8 aromatic carbocycles. The molecule has 0 bridgehead atoms. The third-order valence-corrected chi connectivity index (χ3v) is 9.78. The molecule has 2 heteroatoms. The number of nitrogens with zero attached hydrogens (tertiary/aromatic N) is 1. The molecular formula is C46H29NO. The van der Waals surface area contributed by atoms with Crippen molar-refractivity contribution in [2.75, 3.05) is 0 Å². The van der Waals surface area contributed by atoms with Gasteiger partial charge in [0.2, 0.25) is 0 Å². The van der Waals surface area contributed by atoms with Gasteiger partial charge in [0.05, 0.1) is 11.0 Å². The number of benzene rings is 8. The highest BCUT2D eigenvalue weighted by Gasteiger charge is 2.20. The summed E-state index contributed by atoms with van der Waals surface area (Å²) in [7, 11) is 0. The van der Waals surface area contributed by atoms with Crippen LogP contribution in [0.15, 0.2) is 180 Å². The zero-order valence-corrected chi connectivity index (χ0v) is 26.1. The standard InChI is InChI=1S/C46H29NO/c1-2-13-30(14-3-1)32-27-33(29-34(28-32)47-41-23-8-6-18-38(41)39-19-7-9-24-42(39)47)36-20-11-25-43-45(36)46-40(22-12-26-44(46)48-43)37-21-10-16-31-15-4-5-17-35(31)37/h1-29H. The van der Waals surface area contributed by atoms with Crippen LogP contribution in [0.4, 0.5) is 0 Å². The molecule has 0 radical (unpaired) electrons. The first kappa shape index (κ1) is 26.8. The van der Waals surface area contributed by atoms with Gasteiger partial charge in [0.15, 0.2) is 0 Å². The fourth-order valence-electron chi connectivity index (χ4n) is 7.69. The van der Waals surface area contributed by atoms with Crippen LogP contribution in [0.25, 0.3) is 93.6 Å². The summed E-state index contributed by atoms with van der Waals surface area (Å²) in [5.74, 6) is 0. The molecule has 0 fully saturated rings. The van der Waals surface area contributed by atoms with Crippen LogP contribution in [-0.2, 0) is 0 Å². The van der Waals surface area contributed by atoms with Gasteiger partial charge in [0.1, 0.15) is 11.2 Å². The fourth-order valence-corrected chi connectivity index (χ4v) is 7.69. The lowest BCUT2D eigenvalue weighted by Crippen LogP contribution is -1.96. The number of rotatable bonds is 4. The molecule has 0 spiro atoms. The SMILES string of the molecule is c1ccc(-c2cc(-c3cccc4oc5cccc(-c6cccc7ccccc67)c5c34)cc(-n3c4ccccc4c4ccccc43)c2)cc1. The summed E-state index contributed by atoms with van der Waals surface area (Å²) in [5.41, 5.74) is 12.3. The molecule has 0 N–H and O–H groups in total.